The van der Waals surface area contributed by atoms with Gasteiger partial charge in [-0.15, -0.1) is 23.1 Å². The number of hydrogen-bond donors (Lipinski definition) is 3. The fourth-order valence-corrected chi connectivity index (χ4v) is 5.14. The maximum absolute atomic E-state index is 12.9. The third-order valence-corrected chi connectivity index (χ3v) is 6.97. The molecule has 1 aromatic rings. The lowest BCUT2D eigenvalue weighted by molar-refractivity contribution is -0.150. The average Bonchev–Trinajstić information content (AvgIpc) is 3.47. The number of oxime groups is 1. The molecule has 1 aliphatic carbocycles. The van der Waals surface area contributed by atoms with Gasteiger partial charge in [-0.3, -0.25) is 14.5 Å². The van der Waals surface area contributed by atoms with Crippen molar-refractivity contribution in [3.05, 3.63) is 34.5 Å². The molecule has 4 rings (SSSR count). The van der Waals surface area contributed by atoms with Gasteiger partial charge in [-0.05, 0) is 31.3 Å². The Labute approximate surface area is 186 Å². The molecule has 0 bridgehead atoms. The van der Waals surface area contributed by atoms with E-state index < -0.39 is 29.2 Å². The van der Waals surface area contributed by atoms with E-state index in [1.807, 2.05) is 0 Å². The lowest BCUT2D eigenvalue weighted by Gasteiger charge is -2.49. The van der Waals surface area contributed by atoms with Gasteiger partial charge >= 0.3 is 5.97 Å². The number of nitrogens with one attached hydrogen (secondary N) is 1. The number of carboxylic acid groups (broad SMARTS) is 1. The van der Waals surface area contributed by atoms with E-state index in [9.17, 15) is 19.5 Å². The van der Waals surface area contributed by atoms with E-state index in [4.69, 9.17) is 10.6 Å². The first-order valence-electron chi connectivity index (χ1n) is 9.66. The summed E-state index contributed by atoms with van der Waals surface area (Å²) in [5, 5.41) is 17.6. The van der Waals surface area contributed by atoms with Crippen LogP contribution in [0.15, 0.2) is 34.0 Å². The number of allylic oxidation sites excluding steroid dienone is 2. The minimum atomic E-state index is -1.18. The number of β-lactam (4-membered cyclic amide) rings is 1. The highest BCUT2D eigenvalue weighted by Gasteiger charge is 2.54. The van der Waals surface area contributed by atoms with Gasteiger partial charge in [0.25, 0.3) is 11.8 Å². The number of anilines is 1. The summed E-state index contributed by atoms with van der Waals surface area (Å²) < 4.78 is 0. The van der Waals surface area contributed by atoms with Crippen molar-refractivity contribution in [3.8, 4) is 0 Å². The molecule has 2 atom stereocenters. The summed E-state index contributed by atoms with van der Waals surface area (Å²) in [5.74, 6) is -1.42. The maximum atomic E-state index is 12.9. The molecule has 10 nitrogen and oxygen atoms in total. The average molecular weight is 464 g/mol. The summed E-state index contributed by atoms with van der Waals surface area (Å²) >= 11 is 2.55. The van der Waals surface area contributed by atoms with E-state index in [-0.39, 0.29) is 22.2 Å². The van der Waals surface area contributed by atoms with Crippen LogP contribution in [-0.4, -0.2) is 62.3 Å². The number of nitrogen functional groups attached to an aromatic ring is 1. The Morgan fingerprint density at radius 3 is 2.87 bits per heavy atom. The number of nitrogens with two attached hydrogens (primary N) is 1. The van der Waals surface area contributed by atoms with Crippen LogP contribution in [0.3, 0.4) is 0 Å². The highest BCUT2D eigenvalue weighted by molar-refractivity contribution is 8.00. The third-order valence-electron chi connectivity index (χ3n) is 5.00. The molecule has 0 unspecified atom stereocenters. The van der Waals surface area contributed by atoms with E-state index >= 15 is 0 Å². The molecule has 2 fully saturated rings. The summed E-state index contributed by atoms with van der Waals surface area (Å²) in [5.41, 5.74) is 6.39. The Kier molecular flexibility index (Phi) is 6.01. The molecule has 12 heteroatoms. The van der Waals surface area contributed by atoms with Gasteiger partial charge in [-0.1, -0.05) is 17.3 Å². The number of thiazole rings is 1. The number of nitrogens with zero attached hydrogens (tertiary/aromatic N) is 3. The number of aliphatic carboxylic acids is 1. The molecular weight excluding hydrogens is 442 g/mol. The fourth-order valence-electron chi connectivity index (χ4n) is 3.27. The van der Waals surface area contributed by atoms with Crippen LogP contribution in [0.2, 0.25) is 0 Å². The van der Waals surface area contributed by atoms with Crippen molar-refractivity contribution in [2.45, 2.75) is 31.2 Å². The molecule has 0 spiro atoms. The highest BCUT2D eigenvalue weighted by atomic mass is 32.2. The van der Waals surface area contributed by atoms with Crippen molar-refractivity contribution in [2.24, 2.45) is 11.1 Å². The Hall–Kier alpha value is -2.86. The van der Waals surface area contributed by atoms with Crippen molar-refractivity contribution in [3.63, 3.8) is 0 Å². The minimum absolute atomic E-state index is 0.0497. The molecule has 1 aromatic heterocycles. The van der Waals surface area contributed by atoms with Gasteiger partial charge in [0.2, 0.25) is 0 Å². The number of rotatable bonds is 8. The molecule has 4 N–H and O–H groups in total. The first-order valence-corrected chi connectivity index (χ1v) is 11.6. The monoisotopic (exact) mass is 463 g/mol. The second-order valence-corrected chi connectivity index (χ2v) is 9.28. The molecule has 31 heavy (non-hydrogen) atoms. The van der Waals surface area contributed by atoms with Crippen molar-refractivity contribution >= 4 is 51.7 Å². The molecule has 2 aliphatic heterocycles. The standard InChI is InChI=1S/C19H21N5O5S2/c1-2-3-10-7-30-17-13(16(26)24(17)14(10)18(27)28)22-15(25)12(11-8-31-19(20)21-11)23-29-6-9-4-5-9/h2-3,8-9,13,17H,4-7H2,1H3,(H2,20,21)(H,22,25)(H,27,28)/b3-2-,23-12-/t13-,17+/m1/s1. The van der Waals surface area contributed by atoms with Crippen molar-refractivity contribution in [2.75, 3.05) is 18.1 Å². The Balaban J connectivity index is 1.51. The van der Waals surface area contributed by atoms with Crippen LogP contribution in [0.5, 0.6) is 0 Å². The largest absolute Gasteiger partial charge is 0.477 e. The second-order valence-electron chi connectivity index (χ2n) is 7.29. The number of amides is 2. The Morgan fingerprint density at radius 1 is 1.48 bits per heavy atom. The van der Waals surface area contributed by atoms with E-state index in [0.29, 0.717) is 23.9 Å². The van der Waals surface area contributed by atoms with Gasteiger partial charge in [0.15, 0.2) is 10.8 Å². The Bertz CT molecular complexity index is 1010. The van der Waals surface area contributed by atoms with Gasteiger partial charge in [-0.25, -0.2) is 9.78 Å². The highest BCUT2D eigenvalue weighted by Crippen LogP contribution is 2.40. The number of hydrogen-bond acceptors (Lipinski definition) is 9. The van der Waals surface area contributed by atoms with Crippen LogP contribution in [0.1, 0.15) is 25.5 Å². The number of carbonyl (C=O) groups is 3. The normalized spacial score (nSPS) is 23.6. The van der Waals surface area contributed by atoms with Crippen LogP contribution < -0.4 is 11.1 Å². The van der Waals surface area contributed by atoms with Crippen LogP contribution in [0, 0.1) is 5.92 Å². The second kappa shape index (κ2) is 8.71. The number of thioether (sulfide) groups is 1. The summed E-state index contributed by atoms with van der Waals surface area (Å²) in [6.45, 7) is 2.19. The molecule has 1 saturated carbocycles. The number of aromatic nitrogens is 1. The molecule has 3 aliphatic rings. The number of carbonyl (C=O) groups excluding carboxylic acids is 2. The summed E-state index contributed by atoms with van der Waals surface area (Å²) in [4.78, 5) is 48.0. The van der Waals surface area contributed by atoms with E-state index in [1.54, 1.807) is 24.5 Å². The molecule has 0 radical (unpaired) electrons. The lowest BCUT2D eigenvalue weighted by Crippen LogP contribution is -2.71. The summed E-state index contributed by atoms with van der Waals surface area (Å²) in [7, 11) is 0. The summed E-state index contributed by atoms with van der Waals surface area (Å²) in [6.07, 6.45) is 5.55. The van der Waals surface area contributed by atoms with E-state index in [1.165, 1.54) is 16.7 Å². The van der Waals surface area contributed by atoms with Crippen LogP contribution >= 0.6 is 23.1 Å². The van der Waals surface area contributed by atoms with Crippen LogP contribution in [0.25, 0.3) is 0 Å². The van der Waals surface area contributed by atoms with Gasteiger partial charge in [-0.2, -0.15) is 0 Å². The van der Waals surface area contributed by atoms with E-state index in [2.05, 4.69) is 15.5 Å². The topological polar surface area (TPSA) is 147 Å². The fraction of sp³-hybridized carbons (Fsp3) is 0.421. The number of fused-ring (bicyclic) bond motifs is 1. The molecule has 164 valence electrons. The SMILES string of the molecule is C/C=C\C1=C(C(=O)O)N2C(=O)[C@@H](NC(=O)/C(=N\OCC3CC3)c3csc(N)n3)[C@@H]2SC1. The van der Waals surface area contributed by atoms with Gasteiger partial charge < -0.3 is 21.0 Å². The zero-order valence-electron chi connectivity index (χ0n) is 16.6. The van der Waals surface area contributed by atoms with Gasteiger partial charge in [0.1, 0.15) is 29.4 Å². The minimum Gasteiger partial charge on any atom is -0.477 e. The molecule has 1 saturated heterocycles. The quantitative estimate of drug-likeness (QED) is 0.296. The first-order chi connectivity index (χ1) is 14.9. The third kappa shape index (κ3) is 4.30. The molecule has 0 aromatic carbocycles. The predicted molar refractivity (Wildman–Crippen MR) is 116 cm³/mol. The smallest absolute Gasteiger partial charge is 0.352 e. The first kappa shape index (κ1) is 21.4. The van der Waals surface area contributed by atoms with Gasteiger partial charge in [0.05, 0.1) is 0 Å². The van der Waals surface area contributed by atoms with Crippen molar-refractivity contribution in [1.29, 1.82) is 0 Å². The van der Waals surface area contributed by atoms with Crippen LogP contribution in [-0.2, 0) is 19.2 Å². The van der Waals surface area contributed by atoms with Gasteiger partial charge in [0, 0.05) is 11.1 Å². The van der Waals surface area contributed by atoms with Crippen molar-refractivity contribution in [1.82, 2.24) is 15.2 Å². The molecular formula is C19H21N5O5S2. The van der Waals surface area contributed by atoms with Crippen molar-refractivity contribution < 1.29 is 24.3 Å². The van der Waals surface area contributed by atoms with Crippen LogP contribution in [0.4, 0.5) is 5.13 Å². The maximum Gasteiger partial charge on any atom is 0.352 e. The predicted octanol–water partition coefficient (Wildman–Crippen LogP) is 1.17. The zero-order chi connectivity index (χ0) is 22.1. The lowest BCUT2D eigenvalue weighted by atomic mass is 10.0. The molecule has 2 amide bonds. The zero-order valence-corrected chi connectivity index (χ0v) is 18.2. The van der Waals surface area contributed by atoms with E-state index in [0.717, 1.165) is 24.2 Å². The summed E-state index contributed by atoms with van der Waals surface area (Å²) in [6, 6.07) is -0.872. The molecule has 3 heterocycles. The Morgan fingerprint density at radius 2 is 2.26 bits per heavy atom. The number of carboxylic acids is 1.